The fraction of sp³-hybridized carbons (Fsp3) is 0.278. The van der Waals surface area contributed by atoms with Gasteiger partial charge in [0.2, 0.25) is 15.9 Å². The smallest absolute Gasteiger partial charge is 0.241 e. The molecule has 25 heavy (non-hydrogen) atoms. The number of halogens is 1. The first kappa shape index (κ1) is 18.1. The summed E-state index contributed by atoms with van der Waals surface area (Å²) in [5.74, 6) is -0.0324. The quantitative estimate of drug-likeness (QED) is 0.787. The zero-order valence-corrected chi connectivity index (χ0v) is 16.2. The molecule has 2 N–H and O–H groups in total. The number of carbonyl (C=O) groups excluding carboxylic acids is 1. The second kappa shape index (κ2) is 7.27. The first-order chi connectivity index (χ1) is 11.9. The Balaban J connectivity index is 1.86. The molecule has 1 atom stereocenters. The van der Waals surface area contributed by atoms with Gasteiger partial charge in [-0.2, -0.15) is 0 Å². The normalized spacial score (nSPS) is 15.8. The molecule has 1 unspecified atom stereocenters. The lowest BCUT2D eigenvalue weighted by Crippen LogP contribution is -2.27. The number of amides is 1. The second-order valence-electron chi connectivity index (χ2n) is 6.09. The first-order valence-electron chi connectivity index (χ1n) is 8.06. The lowest BCUT2D eigenvalue weighted by molar-refractivity contribution is -0.116. The van der Waals surface area contributed by atoms with E-state index in [0.717, 1.165) is 15.6 Å². The molecule has 0 radical (unpaired) electrons. The van der Waals surface area contributed by atoms with Crippen molar-refractivity contribution >= 4 is 37.5 Å². The molecule has 132 valence electrons. The van der Waals surface area contributed by atoms with Gasteiger partial charge in [-0.3, -0.25) is 4.79 Å². The monoisotopic (exact) mass is 422 g/mol. The number of carbonyl (C=O) groups is 1. The third-order valence-electron chi connectivity index (χ3n) is 4.21. The maximum absolute atomic E-state index is 12.7. The van der Waals surface area contributed by atoms with Crippen molar-refractivity contribution in [1.29, 1.82) is 0 Å². The average molecular weight is 423 g/mol. The van der Waals surface area contributed by atoms with E-state index in [1.807, 2.05) is 24.3 Å². The van der Waals surface area contributed by atoms with Gasteiger partial charge in [0.05, 0.1) is 4.90 Å². The Hall–Kier alpha value is -1.70. The Labute approximate surface area is 156 Å². The maximum Gasteiger partial charge on any atom is 0.241 e. The molecule has 1 aliphatic heterocycles. The van der Waals surface area contributed by atoms with E-state index < -0.39 is 10.0 Å². The molecule has 0 saturated heterocycles. The summed E-state index contributed by atoms with van der Waals surface area (Å²) in [6.45, 7) is 1.81. The fourth-order valence-electron chi connectivity index (χ4n) is 2.91. The summed E-state index contributed by atoms with van der Waals surface area (Å²) in [5.41, 5.74) is 2.41. The lowest BCUT2D eigenvalue weighted by atomic mass is 10.1. The summed E-state index contributed by atoms with van der Waals surface area (Å²) >= 11 is 3.45. The van der Waals surface area contributed by atoms with Crippen molar-refractivity contribution in [3.63, 3.8) is 0 Å². The van der Waals surface area contributed by atoms with Crippen LogP contribution in [0.15, 0.2) is 51.8 Å². The molecule has 1 aliphatic rings. The minimum atomic E-state index is -3.67. The zero-order valence-electron chi connectivity index (χ0n) is 13.8. The van der Waals surface area contributed by atoms with Crippen molar-refractivity contribution in [2.24, 2.45) is 0 Å². The Morgan fingerprint density at radius 1 is 1.16 bits per heavy atom. The molecule has 0 spiro atoms. The van der Waals surface area contributed by atoms with Crippen molar-refractivity contribution in [3.8, 4) is 0 Å². The van der Waals surface area contributed by atoms with Crippen LogP contribution in [0.4, 0.5) is 5.69 Å². The van der Waals surface area contributed by atoms with Gasteiger partial charge in [0.1, 0.15) is 0 Å². The molecular weight excluding hydrogens is 404 g/mol. The van der Waals surface area contributed by atoms with Crippen molar-refractivity contribution in [3.05, 3.63) is 58.1 Å². The minimum Gasteiger partial charge on any atom is -0.326 e. The van der Waals surface area contributed by atoms with E-state index in [-0.39, 0.29) is 16.8 Å². The van der Waals surface area contributed by atoms with E-state index in [0.29, 0.717) is 24.9 Å². The highest BCUT2D eigenvalue weighted by atomic mass is 79.9. The van der Waals surface area contributed by atoms with E-state index in [2.05, 4.69) is 26.0 Å². The van der Waals surface area contributed by atoms with Crippen molar-refractivity contribution in [1.82, 2.24) is 4.72 Å². The van der Waals surface area contributed by atoms with Crippen LogP contribution in [0.5, 0.6) is 0 Å². The standard InChI is InChI=1S/C18H19BrN2O3S/c1-12(15-6-2-3-7-16(15)19)21-25(23,24)14-9-10-17-13(11-14)5-4-8-18(22)20-17/h2-3,6-7,9-12,21H,4-5,8H2,1H3,(H,20,22). The topological polar surface area (TPSA) is 75.3 Å². The summed E-state index contributed by atoms with van der Waals surface area (Å²) in [6, 6.07) is 12.0. The van der Waals surface area contributed by atoms with Crippen LogP contribution in [0.2, 0.25) is 0 Å². The molecule has 1 heterocycles. The second-order valence-corrected chi connectivity index (χ2v) is 8.65. The van der Waals surface area contributed by atoms with Gasteiger partial charge >= 0.3 is 0 Å². The van der Waals surface area contributed by atoms with Gasteiger partial charge in [0.25, 0.3) is 0 Å². The number of hydrogen-bond acceptors (Lipinski definition) is 3. The first-order valence-corrected chi connectivity index (χ1v) is 10.3. The minimum absolute atomic E-state index is 0.0324. The average Bonchev–Trinajstić information content (AvgIpc) is 2.74. The summed E-state index contributed by atoms with van der Waals surface area (Å²) in [4.78, 5) is 11.8. The molecule has 2 aromatic rings. The molecular formula is C18H19BrN2O3S. The number of benzene rings is 2. The molecule has 0 aliphatic carbocycles. The van der Waals surface area contributed by atoms with Gasteiger partial charge in [-0.1, -0.05) is 34.1 Å². The van der Waals surface area contributed by atoms with Crippen LogP contribution < -0.4 is 10.0 Å². The third-order valence-corrected chi connectivity index (χ3v) is 6.48. The van der Waals surface area contributed by atoms with Crippen LogP contribution in [0, 0.1) is 0 Å². The van der Waals surface area contributed by atoms with E-state index in [1.54, 1.807) is 19.1 Å². The highest BCUT2D eigenvalue weighted by Crippen LogP contribution is 2.27. The van der Waals surface area contributed by atoms with Crippen LogP contribution in [-0.4, -0.2) is 14.3 Å². The van der Waals surface area contributed by atoms with Gasteiger partial charge in [-0.05, 0) is 55.2 Å². The SMILES string of the molecule is CC(NS(=O)(=O)c1ccc2c(c1)CCCC(=O)N2)c1ccccc1Br. The Morgan fingerprint density at radius 3 is 2.68 bits per heavy atom. The molecule has 0 fully saturated rings. The number of rotatable bonds is 4. The lowest BCUT2D eigenvalue weighted by Gasteiger charge is -2.17. The molecule has 0 aromatic heterocycles. The largest absolute Gasteiger partial charge is 0.326 e. The van der Waals surface area contributed by atoms with Crippen molar-refractivity contribution < 1.29 is 13.2 Å². The predicted molar refractivity (Wildman–Crippen MR) is 101 cm³/mol. The highest BCUT2D eigenvalue weighted by Gasteiger charge is 2.22. The summed E-state index contributed by atoms with van der Waals surface area (Å²) < 4.78 is 29.1. The van der Waals surface area contributed by atoms with E-state index >= 15 is 0 Å². The van der Waals surface area contributed by atoms with Crippen LogP contribution in [0.1, 0.15) is 36.9 Å². The summed E-state index contributed by atoms with van der Waals surface area (Å²) in [6.07, 6.45) is 1.84. The highest BCUT2D eigenvalue weighted by molar-refractivity contribution is 9.10. The molecule has 3 rings (SSSR count). The molecule has 7 heteroatoms. The van der Waals surface area contributed by atoms with Crippen LogP contribution >= 0.6 is 15.9 Å². The van der Waals surface area contributed by atoms with Crippen LogP contribution in [0.25, 0.3) is 0 Å². The number of hydrogen-bond donors (Lipinski definition) is 2. The van der Waals surface area contributed by atoms with Crippen LogP contribution in [0.3, 0.4) is 0 Å². The predicted octanol–water partition coefficient (Wildman–Crippen LogP) is 3.76. The van der Waals surface area contributed by atoms with Gasteiger partial charge in [0.15, 0.2) is 0 Å². The van der Waals surface area contributed by atoms with Gasteiger partial charge < -0.3 is 5.32 Å². The number of anilines is 1. The van der Waals surface area contributed by atoms with Crippen LogP contribution in [-0.2, 0) is 21.2 Å². The number of fused-ring (bicyclic) bond motifs is 1. The van der Waals surface area contributed by atoms with E-state index in [9.17, 15) is 13.2 Å². The maximum atomic E-state index is 12.7. The molecule has 0 saturated carbocycles. The fourth-order valence-corrected chi connectivity index (χ4v) is 4.81. The molecule has 1 amide bonds. The number of nitrogens with one attached hydrogen (secondary N) is 2. The van der Waals surface area contributed by atoms with Gasteiger partial charge in [-0.25, -0.2) is 13.1 Å². The molecule has 0 bridgehead atoms. The zero-order chi connectivity index (χ0) is 18.0. The van der Waals surface area contributed by atoms with Crippen molar-refractivity contribution in [2.45, 2.75) is 37.1 Å². The van der Waals surface area contributed by atoms with E-state index in [4.69, 9.17) is 0 Å². The summed E-state index contributed by atoms with van der Waals surface area (Å²) in [5, 5.41) is 2.81. The Kier molecular flexibility index (Phi) is 5.27. The van der Waals surface area contributed by atoms with Gasteiger partial charge in [0, 0.05) is 22.6 Å². The molecule has 5 nitrogen and oxygen atoms in total. The summed E-state index contributed by atoms with van der Waals surface area (Å²) in [7, 11) is -3.67. The Bertz CT molecular complexity index is 912. The molecule has 2 aromatic carbocycles. The van der Waals surface area contributed by atoms with E-state index in [1.165, 1.54) is 6.07 Å². The van der Waals surface area contributed by atoms with Gasteiger partial charge in [-0.15, -0.1) is 0 Å². The Morgan fingerprint density at radius 2 is 1.92 bits per heavy atom. The van der Waals surface area contributed by atoms with Crippen molar-refractivity contribution in [2.75, 3.05) is 5.32 Å². The number of sulfonamides is 1. The number of aryl methyl sites for hydroxylation is 1. The third kappa shape index (κ3) is 4.11.